The quantitative estimate of drug-likeness (QED) is 0.478. The number of carbonyl (C=O) groups is 1. The molecule has 1 amide bonds. The van der Waals surface area contributed by atoms with E-state index >= 15 is 0 Å². The molecule has 156 valence electrons. The van der Waals surface area contributed by atoms with Crippen LogP contribution in [0.2, 0.25) is 0 Å². The lowest BCUT2D eigenvalue weighted by molar-refractivity contribution is -0.124. The third-order valence-electron chi connectivity index (χ3n) is 5.62. The standard InChI is InChI=1S/C25H20N6O/c1-2-5-22(32)30-13-12-20(15-30)31-25-23(24(26)27-16-28-25)21(29-31)11-9-17-8-10-18-6-3-4-7-19(18)14-17/h3-4,6-8,10,14,16,20H,12-13,15H2,1H3,(H2,26,27,28)/t20-/m1/s1. The Hall–Kier alpha value is -4.36. The molecule has 4 aromatic rings. The first-order valence-corrected chi connectivity index (χ1v) is 10.3. The van der Waals surface area contributed by atoms with Crippen LogP contribution >= 0.6 is 0 Å². The van der Waals surface area contributed by atoms with Gasteiger partial charge in [-0.25, -0.2) is 14.6 Å². The van der Waals surface area contributed by atoms with Gasteiger partial charge in [0, 0.05) is 18.7 Å². The first kappa shape index (κ1) is 19.6. The van der Waals surface area contributed by atoms with Gasteiger partial charge in [0.25, 0.3) is 5.91 Å². The molecule has 1 saturated heterocycles. The van der Waals surface area contributed by atoms with Crippen LogP contribution in [-0.4, -0.2) is 43.6 Å². The van der Waals surface area contributed by atoms with Crippen LogP contribution in [0.3, 0.4) is 0 Å². The van der Waals surface area contributed by atoms with Crippen LogP contribution in [-0.2, 0) is 4.79 Å². The number of hydrogen-bond donors (Lipinski definition) is 1. The average molecular weight is 420 g/mol. The van der Waals surface area contributed by atoms with Crippen molar-refractivity contribution in [1.82, 2.24) is 24.6 Å². The van der Waals surface area contributed by atoms with Crippen LogP contribution in [0.4, 0.5) is 5.82 Å². The molecular weight excluding hydrogens is 400 g/mol. The Morgan fingerprint density at radius 3 is 2.81 bits per heavy atom. The molecule has 0 aliphatic carbocycles. The number of rotatable bonds is 1. The number of fused-ring (bicyclic) bond motifs is 2. The predicted molar refractivity (Wildman–Crippen MR) is 123 cm³/mol. The van der Waals surface area contributed by atoms with Gasteiger partial charge in [-0.05, 0) is 48.1 Å². The molecule has 1 atom stereocenters. The molecule has 1 aliphatic rings. The van der Waals surface area contributed by atoms with E-state index < -0.39 is 0 Å². The third kappa shape index (κ3) is 3.51. The molecule has 3 heterocycles. The number of benzene rings is 2. The topological polar surface area (TPSA) is 89.9 Å². The lowest BCUT2D eigenvalue weighted by Crippen LogP contribution is -2.28. The van der Waals surface area contributed by atoms with E-state index in [1.165, 1.54) is 11.7 Å². The van der Waals surface area contributed by atoms with Crippen molar-refractivity contribution in [2.24, 2.45) is 0 Å². The van der Waals surface area contributed by atoms with Gasteiger partial charge in [-0.3, -0.25) is 4.79 Å². The summed E-state index contributed by atoms with van der Waals surface area (Å²) in [6, 6.07) is 14.2. The van der Waals surface area contributed by atoms with Gasteiger partial charge >= 0.3 is 0 Å². The van der Waals surface area contributed by atoms with Gasteiger partial charge in [-0.15, -0.1) is 0 Å². The summed E-state index contributed by atoms with van der Waals surface area (Å²) in [6.45, 7) is 2.80. The van der Waals surface area contributed by atoms with Crippen LogP contribution in [0.5, 0.6) is 0 Å². The number of likely N-dealkylation sites (tertiary alicyclic amines) is 1. The first-order chi connectivity index (χ1) is 15.6. The molecule has 0 bridgehead atoms. The summed E-state index contributed by atoms with van der Waals surface area (Å²) in [5.41, 5.74) is 8.22. The Bertz CT molecular complexity index is 1480. The largest absolute Gasteiger partial charge is 0.383 e. The van der Waals surface area contributed by atoms with Crippen molar-refractivity contribution >= 4 is 33.5 Å². The number of nitrogens with zero attached hydrogens (tertiary/aromatic N) is 5. The molecule has 5 rings (SSSR count). The van der Waals surface area contributed by atoms with E-state index in [4.69, 9.17) is 10.8 Å². The van der Waals surface area contributed by atoms with Gasteiger partial charge in [0.2, 0.25) is 0 Å². The van der Waals surface area contributed by atoms with E-state index in [1.807, 2.05) is 22.9 Å². The summed E-state index contributed by atoms with van der Waals surface area (Å²) in [6.07, 6.45) is 2.19. The molecule has 2 aromatic carbocycles. The molecule has 32 heavy (non-hydrogen) atoms. The van der Waals surface area contributed by atoms with E-state index in [2.05, 4.69) is 57.9 Å². The molecule has 7 nitrogen and oxygen atoms in total. The zero-order valence-corrected chi connectivity index (χ0v) is 17.5. The summed E-state index contributed by atoms with van der Waals surface area (Å²) < 4.78 is 1.82. The first-order valence-electron chi connectivity index (χ1n) is 10.3. The highest BCUT2D eigenvalue weighted by Crippen LogP contribution is 2.28. The zero-order valence-electron chi connectivity index (χ0n) is 17.5. The van der Waals surface area contributed by atoms with Crippen LogP contribution in [0.15, 0.2) is 48.8 Å². The SMILES string of the molecule is CC#CC(=O)N1CC[C@@H](n2nc(C#Cc3ccc4ccccc4c3)c3c(N)ncnc32)C1. The van der Waals surface area contributed by atoms with E-state index in [-0.39, 0.29) is 11.9 Å². The maximum absolute atomic E-state index is 12.2. The fraction of sp³-hybridized carbons (Fsp3) is 0.200. The fourth-order valence-corrected chi connectivity index (χ4v) is 4.05. The van der Waals surface area contributed by atoms with Gasteiger partial charge in [0.1, 0.15) is 17.8 Å². The van der Waals surface area contributed by atoms with Crippen LogP contribution < -0.4 is 5.73 Å². The summed E-state index contributed by atoms with van der Waals surface area (Å²) in [5, 5.41) is 7.67. The summed E-state index contributed by atoms with van der Waals surface area (Å²) in [5.74, 6) is 11.8. The molecule has 1 fully saturated rings. The Morgan fingerprint density at radius 2 is 1.97 bits per heavy atom. The molecule has 2 aromatic heterocycles. The Labute approximate surface area is 185 Å². The normalized spacial score (nSPS) is 15.3. The maximum Gasteiger partial charge on any atom is 0.298 e. The van der Waals surface area contributed by atoms with Gasteiger partial charge in [-0.1, -0.05) is 42.2 Å². The summed E-state index contributed by atoms with van der Waals surface area (Å²) in [7, 11) is 0. The number of hydrogen-bond acceptors (Lipinski definition) is 5. The van der Waals surface area contributed by atoms with E-state index in [1.54, 1.807) is 11.8 Å². The highest BCUT2D eigenvalue weighted by Gasteiger charge is 2.29. The third-order valence-corrected chi connectivity index (χ3v) is 5.62. The molecule has 0 saturated carbocycles. The number of anilines is 1. The second kappa shape index (κ2) is 8.05. The van der Waals surface area contributed by atoms with Gasteiger partial charge in [-0.2, -0.15) is 5.10 Å². The molecule has 1 aliphatic heterocycles. The zero-order chi connectivity index (χ0) is 22.1. The lowest BCUT2D eigenvalue weighted by Gasteiger charge is -2.13. The highest BCUT2D eigenvalue weighted by atomic mass is 16.2. The molecule has 0 radical (unpaired) electrons. The Kier molecular flexibility index (Phi) is 4.93. The van der Waals surface area contributed by atoms with Crippen molar-refractivity contribution in [3.05, 3.63) is 60.0 Å². The van der Waals surface area contributed by atoms with Gasteiger partial charge < -0.3 is 10.6 Å². The fourth-order valence-electron chi connectivity index (χ4n) is 4.05. The van der Waals surface area contributed by atoms with Crippen molar-refractivity contribution in [2.75, 3.05) is 18.8 Å². The smallest absolute Gasteiger partial charge is 0.298 e. The second-order valence-electron chi connectivity index (χ2n) is 7.63. The van der Waals surface area contributed by atoms with E-state index in [0.717, 1.165) is 17.4 Å². The minimum Gasteiger partial charge on any atom is -0.383 e. The number of nitrogen functional groups attached to an aromatic ring is 1. The summed E-state index contributed by atoms with van der Waals surface area (Å²) in [4.78, 5) is 22.4. The van der Waals surface area contributed by atoms with Crippen molar-refractivity contribution in [2.45, 2.75) is 19.4 Å². The van der Waals surface area contributed by atoms with Gasteiger partial charge in [0.05, 0.1) is 11.4 Å². The molecular formula is C25H20N6O. The predicted octanol–water partition coefficient (Wildman–Crippen LogP) is 2.76. The highest BCUT2D eigenvalue weighted by molar-refractivity contribution is 5.94. The Morgan fingerprint density at radius 1 is 1.12 bits per heavy atom. The van der Waals surface area contributed by atoms with Crippen molar-refractivity contribution < 1.29 is 4.79 Å². The average Bonchev–Trinajstić information content (AvgIpc) is 3.43. The van der Waals surface area contributed by atoms with Crippen molar-refractivity contribution in [3.63, 3.8) is 0 Å². The van der Waals surface area contributed by atoms with Crippen LogP contribution in [0, 0.1) is 23.7 Å². The molecule has 7 heteroatoms. The lowest BCUT2D eigenvalue weighted by atomic mass is 10.1. The monoisotopic (exact) mass is 420 g/mol. The van der Waals surface area contributed by atoms with Crippen LogP contribution in [0.1, 0.15) is 30.6 Å². The van der Waals surface area contributed by atoms with Crippen molar-refractivity contribution in [3.8, 4) is 23.7 Å². The Balaban J connectivity index is 1.53. The van der Waals surface area contributed by atoms with Crippen molar-refractivity contribution in [1.29, 1.82) is 0 Å². The summed E-state index contributed by atoms with van der Waals surface area (Å²) >= 11 is 0. The minimum absolute atomic E-state index is 0.0226. The molecule has 0 spiro atoms. The van der Waals surface area contributed by atoms with Crippen LogP contribution in [0.25, 0.3) is 21.8 Å². The number of carbonyl (C=O) groups excluding carboxylic acids is 1. The maximum atomic E-state index is 12.2. The van der Waals surface area contributed by atoms with E-state index in [0.29, 0.717) is 35.6 Å². The molecule has 2 N–H and O–H groups in total. The second-order valence-corrected chi connectivity index (χ2v) is 7.63. The number of nitrogens with two attached hydrogens (primary N) is 1. The minimum atomic E-state index is -0.170. The number of aromatic nitrogens is 4. The molecule has 0 unspecified atom stereocenters. The van der Waals surface area contributed by atoms with Gasteiger partial charge in [0.15, 0.2) is 5.65 Å². The number of amides is 1. The van der Waals surface area contributed by atoms with E-state index in [9.17, 15) is 4.79 Å².